The van der Waals surface area contributed by atoms with Crippen molar-refractivity contribution in [2.24, 2.45) is 0 Å². The molecule has 0 aliphatic heterocycles. The summed E-state index contributed by atoms with van der Waals surface area (Å²) in [4.78, 5) is 11.8. The SMILES string of the molecule is CC[C@@H](Oc1cccc(C)c1)C(=O)NCCOC. The first-order valence-electron chi connectivity index (χ1n) is 6.17. The molecule has 0 saturated carbocycles. The summed E-state index contributed by atoms with van der Waals surface area (Å²) in [6.07, 6.45) is 0.177. The third kappa shape index (κ3) is 4.75. The highest BCUT2D eigenvalue weighted by atomic mass is 16.5. The molecule has 0 bridgehead atoms. The van der Waals surface area contributed by atoms with Gasteiger partial charge < -0.3 is 14.8 Å². The van der Waals surface area contributed by atoms with E-state index in [0.717, 1.165) is 11.3 Å². The minimum absolute atomic E-state index is 0.101. The van der Waals surface area contributed by atoms with Gasteiger partial charge >= 0.3 is 0 Å². The minimum atomic E-state index is -0.455. The van der Waals surface area contributed by atoms with Gasteiger partial charge in [-0.15, -0.1) is 0 Å². The molecule has 0 aromatic heterocycles. The zero-order valence-corrected chi connectivity index (χ0v) is 11.2. The summed E-state index contributed by atoms with van der Waals surface area (Å²) in [6.45, 7) is 4.93. The molecule has 0 aliphatic rings. The van der Waals surface area contributed by atoms with Crippen LogP contribution in [0.5, 0.6) is 5.75 Å². The fourth-order valence-electron chi connectivity index (χ4n) is 1.57. The summed E-state index contributed by atoms with van der Waals surface area (Å²) in [5.41, 5.74) is 1.11. The highest BCUT2D eigenvalue weighted by molar-refractivity contribution is 5.81. The van der Waals surface area contributed by atoms with Crippen molar-refractivity contribution >= 4 is 5.91 Å². The third-order valence-corrected chi connectivity index (χ3v) is 2.54. The second-order valence-corrected chi connectivity index (χ2v) is 4.12. The Bertz CT molecular complexity index is 379. The smallest absolute Gasteiger partial charge is 0.261 e. The summed E-state index contributed by atoms with van der Waals surface area (Å²) >= 11 is 0. The molecule has 1 aromatic carbocycles. The average molecular weight is 251 g/mol. The number of ether oxygens (including phenoxy) is 2. The predicted molar refractivity (Wildman–Crippen MR) is 70.8 cm³/mol. The average Bonchev–Trinajstić information content (AvgIpc) is 2.36. The lowest BCUT2D eigenvalue weighted by atomic mass is 10.2. The van der Waals surface area contributed by atoms with Gasteiger partial charge in [-0.25, -0.2) is 0 Å². The maximum Gasteiger partial charge on any atom is 0.261 e. The van der Waals surface area contributed by atoms with Crippen LogP contribution in [0.3, 0.4) is 0 Å². The van der Waals surface area contributed by atoms with Crippen molar-refractivity contribution in [3.63, 3.8) is 0 Å². The van der Waals surface area contributed by atoms with Gasteiger partial charge in [-0.3, -0.25) is 4.79 Å². The van der Waals surface area contributed by atoms with E-state index in [1.807, 2.05) is 38.1 Å². The van der Waals surface area contributed by atoms with Gasteiger partial charge in [-0.1, -0.05) is 19.1 Å². The number of rotatable bonds is 7. The number of hydrogen-bond acceptors (Lipinski definition) is 3. The van der Waals surface area contributed by atoms with E-state index in [9.17, 15) is 4.79 Å². The molecular formula is C14H21NO3. The molecule has 0 saturated heterocycles. The zero-order chi connectivity index (χ0) is 13.4. The van der Waals surface area contributed by atoms with Crippen LogP contribution < -0.4 is 10.1 Å². The number of carbonyl (C=O) groups is 1. The molecule has 4 heteroatoms. The molecule has 18 heavy (non-hydrogen) atoms. The van der Waals surface area contributed by atoms with Crippen LogP contribution in [0.2, 0.25) is 0 Å². The Balaban J connectivity index is 2.53. The summed E-state index contributed by atoms with van der Waals surface area (Å²) in [6, 6.07) is 7.69. The van der Waals surface area contributed by atoms with Crippen molar-refractivity contribution < 1.29 is 14.3 Å². The molecule has 0 heterocycles. The number of benzene rings is 1. The van der Waals surface area contributed by atoms with Crippen LogP contribution in [-0.4, -0.2) is 32.3 Å². The van der Waals surface area contributed by atoms with Gasteiger partial charge in [0.2, 0.25) is 0 Å². The highest BCUT2D eigenvalue weighted by Gasteiger charge is 2.17. The summed E-state index contributed by atoms with van der Waals surface area (Å²) in [7, 11) is 1.60. The molecule has 0 spiro atoms. The first-order valence-corrected chi connectivity index (χ1v) is 6.17. The summed E-state index contributed by atoms with van der Waals surface area (Å²) in [5, 5.41) is 2.78. The minimum Gasteiger partial charge on any atom is -0.481 e. The van der Waals surface area contributed by atoms with Gasteiger partial charge in [-0.05, 0) is 31.0 Å². The predicted octanol–water partition coefficient (Wildman–Crippen LogP) is 1.92. The topological polar surface area (TPSA) is 47.6 Å². The second-order valence-electron chi connectivity index (χ2n) is 4.12. The Morgan fingerprint density at radius 2 is 2.22 bits per heavy atom. The van der Waals surface area contributed by atoms with Crippen LogP contribution in [-0.2, 0) is 9.53 Å². The van der Waals surface area contributed by atoms with E-state index >= 15 is 0 Å². The van der Waals surface area contributed by atoms with Gasteiger partial charge in [0.25, 0.3) is 5.91 Å². The van der Waals surface area contributed by atoms with Crippen molar-refractivity contribution in [1.29, 1.82) is 0 Å². The van der Waals surface area contributed by atoms with Crippen LogP contribution in [0.15, 0.2) is 24.3 Å². The molecule has 1 N–H and O–H groups in total. The van der Waals surface area contributed by atoms with Gasteiger partial charge in [0.1, 0.15) is 5.75 Å². The van der Waals surface area contributed by atoms with E-state index in [0.29, 0.717) is 19.6 Å². The Hall–Kier alpha value is -1.55. The first kappa shape index (κ1) is 14.5. The largest absolute Gasteiger partial charge is 0.481 e. The molecule has 1 amide bonds. The van der Waals surface area contributed by atoms with E-state index in [-0.39, 0.29) is 5.91 Å². The summed E-state index contributed by atoms with van der Waals surface area (Å²) in [5.74, 6) is 0.625. The number of nitrogens with one attached hydrogen (secondary N) is 1. The van der Waals surface area contributed by atoms with Gasteiger partial charge in [0, 0.05) is 13.7 Å². The molecule has 4 nitrogen and oxygen atoms in total. The van der Waals surface area contributed by atoms with Gasteiger partial charge in [0.05, 0.1) is 6.61 Å². The van der Waals surface area contributed by atoms with E-state index in [1.165, 1.54) is 0 Å². The number of hydrogen-bond donors (Lipinski definition) is 1. The molecule has 1 atom stereocenters. The standard InChI is InChI=1S/C14H21NO3/c1-4-13(14(16)15-8-9-17-3)18-12-7-5-6-11(2)10-12/h5-7,10,13H,4,8-9H2,1-3H3,(H,15,16)/t13-/m1/s1. The van der Waals surface area contributed by atoms with Gasteiger partial charge in [0.15, 0.2) is 6.10 Å². The molecule has 1 aromatic rings. The van der Waals surface area contributed by atoms with E-state index in [4.69, 9.17) is 9.47 Å². The van der Waals surface area contributed by atoms with Crippen LogP contribution in [0, 0.1) is 6.92 Å². The molecule has 0 radical (unpaired) electrons. The third-order valence-electron chi connectivity index (χ3n) is 2.54. The molecule has 1 rings (SSSR count). The van der Waals surface area contributed by atoms with Crippen LogP contribution in [0.1, 0.15) is 18.9 Å². The summed E-state index contributed by atoms with van der Waals surface area (Å²) < 4.78 is 10.6. The normalized spacial score (nSPS) is 11.9. The Kier molecular flexibility index (Phi) is 6.22. The zero-order valence-electron chi connectivity index (χ0n) is 11.2. The Labute approximate surface area is 108 Å². The number of aryl methyl sites for hydroxylation is 1. The van der Waals surface area contributed by atoms with E-state index in [1.54, 1.807) is 7.11 Å². The van der Waals surface area contributed by atoms with Crippen molar-refractivity contribution in [1.82, 2.24) is 5.32 Å². The molecular weight excluding hydrogens is 230 g/mol. The lowest BCUT2D eigenvalue weighted by Crippen LogP contribution is -2.39. The monoisotopic (exact) mass is 251 g/mol. The Morgan fingerprint density at radius 3 is 2.83 bits per heavy atom. The van der Waals surface area contributed by atoms with Crippen LogP contribution in [0.4, 0.5) is 0 Å². The molecule has 0 unspecified atom stereocenters. The second kappa shape index (κ2) is 7.71. The van der Waals surface area contributed by atoms with Crippen LogP contribution >= 0.6 is 0 Å². The number of methoxy groups -OCH3 is 1. The van der Waals surface area contributed by atoms with Crippen molar-refractivity contribution in [2.45, 2.75) is 26.4 Å². The van der Waals surface area contributed by atoms with E-state index in [2.05, 4.69) is 5.32 Å². The maximum atomic E-state index is 11.8. The first-order chi connectivity index (χ1) is 8.67. The molecule has 100 valence electrons. The molecule has 0 fully saturated rings. The highest BCUT2D eigenvalue weighted by Crippen LogP contribution is 2.15. The van der Waals surface area contributed by atoms with Crippen molar-refractivity contribution in [2.75, 3.05) is 20.3 Å². The van der Waals surface area contributed by atoms with Gasteiger partial charge in [-0.2, -0.15) is 0 Å². The lowest BCUT2D eigenvalue weighted by molar-refractivity contribution is -0.128. The Morgan fingerprint density at radius 1 is 1.44 bits per heavy atom. The van der Waals surface area contributed by atoms with E-state index < -0.39 is 6.10 Å². The fourth-order valence-corrected chi connectivity index (χ4v) is 1.57. The van der Waals surface area contributed by atoms with Crippen molar-refractivity contribution in [3.8, 4) is 5.75 Å². The number of carbonyl (C=O) groups excluding carboxylic acids is 1. The maximum absolute atomic E-state index is 11.8. The van der Waals surface area contributed by atoms with Crippen molar-refractivity contribution in [3.05, 3.63) is 29.8 Å². The quantitative estimate of drug-likeness (QED) is 0.753. The lowest BCUT2D eigenvalue weighted by Gasteiger charge is -2.17. The molecule has 0 aliphatic carbocycles. The fraction of sp³-hybridized carbons (Fsp3) is 0.500. The van der Waals surface area contributed by atoms with Crippen LogP contribution in [0.25, 0.3) is 0 Å². The number of amides is 1.